The summed E-state index contributed by atoms with van der Waals surface area (Å²) < 4.78 is 5.32. The molecular weight excluding hydrogens is 238 g/mol. The summed E-state index contributed by atoms with van der Waals surface area (Å²) in [7, 11) is 0. The number of aromatic nitrogens is 1. The zero-order valence-corrected chi connectivity index (χ0v) is 11.0. The summed E-state index contributed by atoms with van der Waals surface area (Å²) in [6.45, 7) is 5.22. The quantitative estimate of drug-likeness (QED) is 0.758. The monoisotopic (exact) mass is 257 g/mol. The Morgan fingerprint density at radius 1 is 1.71 bits per heavy atom. The minimum atomic E-state index is -0.196. The molecule has 1 aromatic rings. The van der Waals surface area contributed by atoms with Crippen LogP contribution in [-0.4, -0.2) is 30.1 Å². The van der Waals surface area contributed by atoms with E-state index in [0.29, 0.717) is 26.1 Å². The molecule has 3 N–H and O–H groups in total. The molecule has 0 aliphatic heterocycles. The van der Waals surface area contributed by atoms with Crippen LogP contribution in [0, 0.1) is 6.92 Å². The molecule has 0 fully saturated rings. The second-order valence-corrected chi connectivity index (χ2v) is 4.62. The van der Waals surface area contributed by atoms with Crippen molar-refractivity contribution in [1.82, 2.24) is 10.3 Å². The SMILES string of the molecule is CCOC(CN)CC(=O)NCc1nc(C)cs1. The Labute approximate surface area is 105 Å². The van der Waals surface area contributed by atoms with E-state index in [2.05, 4.69) is 10.3 Å². The number of nitrogens with two attached hydrogens (primary N) is 1. The Balaban J connectivity index is 2.29. The minimum absolute atomic E-state index is 0.0539. The van der Waals surface area contributed by atoms with Crippen molar-refractivity contribution in [3.05, 3.63) is 16.1 Å². The van der Waals surface area contributed by atoms with Gasteiger partial charge in [0, 0.05) is 24.2 Å². The predicted molar refractivity (Wildman–Crippen MR) is 67.8 cm³/mol. The third-order valence-electron chi connectivity index (χ3n) is 2.18. The van der Waals surface area contributed by atoms with Crippen molar-refractivity contribution in [2.24, 2.45) is 5.73 Å². The lowest BCUT2D eigenvalue weighted by molar-refractivity contribution is -0.123. The molecule has 1 rings (SSSR count). The van der Waals surface area contributed by atoms with Crippen LogP contribution < -0.4 is 11.1 Å². The van der Waals surface area contributed by atoms with Crippen molar-refractivity contribution < 1.29 is 9.53 Å². The van der Waals surface area contributed by atoms with Gasteiger partial charge in [-0.2, -0.15) is 0 Å². The van der Waals surface area contributed by atoms with Gasteiger partial charge in [0.25, 0.3) is 0 Å². The van der Waals surface area contributed by atoms with Crippen molar-refractivity contribution in [2.45, 2.75) is 32.9 Å². The average molecular weight is 257 g/mol. The maximum atomic E-state index is 11.6. The number of nitrogens with one attached hydrogen (secondary N) is 1. The minimum Gasteiger partial charge on any atom is -0.377 e. The van der Waals surface area contributed by atoms with E-state index in [4.69, 9.17) is 10.5 Å². The van der Waals surface area contributed by atoms with Crippen molar-refractivity contribution in [3.8, 4) is 0 Å². The highest BCUT2D eigenvalue weighted by Crippen LogP contribution is 2.08. The van der Waals surface area contributed by atoms with Gasteiger partial charge in [0.2, 0.25) is 5.91 Å². The third-order valence-corrected chi connectivity index (χ3v) is 3.15. The average Bonchev–Trinajstić information content (AvgIpc) is 2.72. The fourth-order valence-corrected chi connectivity index (χ4v) is 2.09. The van der Waals surface area contributed by atoms with Gasteiger partial charge in [0.05, 0.1) is 19.1 Å². The smallest absolute Gasteiger partial charge is 0.223 e. The summed E-state index contributed by atoms with van der Waals surface area (Å²) in [5, 5.41) is 5.69. The van der Waals surface area contributed by atoms with E-state index in [1.807, 2.05) is 19.2 Å². The fourth-order valence-electron chi connectivity index (χ4n) is 1.38. The van der Waals surface area contributed by atoms with Crippen LogP contribution in [0.2, 0.25) is 0 Å². The van der Waals surface area contributed by atoms with Crippen LogP contribution >= 0.6 is 11.3 Å². The molecule has 6 heteroatoms. The lowest BCUT2D eigenvalue weighted by Gasteiger charge is -2.13. The summed E-state index contributed by atoms with van der Waals surface area (Å²) in [5.74, 6) is -0.0539. The van der Waals surface area contributed by atoms with E-state index in [1.165, 1.54) is 0 Å². The van der Waals surface area contributed by atoms with E-state index >= 15 is 0 Å². The molecule has 0 saturated carbocycles. The first-order valence-corrected chi connectivity index (χ1v) is 6.53. The Kier molecular flexibility index (Phi) is 6.10. The molecule has 17 heavy (non-hydrogen) atoms. The summed E-state index contributed by atoms with van der Waals surface area (Å²) in [4.78, 5) is 15.9. The molecule has 0 aromatic carbocycles. The number of ether oxygens (including phenoxy) is 1. The second kappa shape index (κ2) is 7.37. The molecule has 0 aliphatic rings. The van der Waals surface area contributed by atoms with Gasteiger partial charge in [-0.1, -0.05) is 0 Å². The number of amides is 1. The van der Waals surface area contributed by atoms with Crippen LogP contribution in [0.1, 0.15) is 24.0 Å². The van der Waals surface area contributed by atoms with E-state index in [9.17, 15) is 4.79 Å². The summed E-state index contributed by atoms with van der Waals surface area (Å²) >= 11 is 1.54. The van der Waals surface area contributed by atoms with Crippen LogP contribution in [0.3, 0.4) is 0 Å². The first-order chi connectivity index (χ1) is 8.15. The van der Waals surface area contributed by atoms with Crippen LogP contribution in [0.4, 0.5) is 0 Å². The van der Waals surface area contributed by atoms with Gasteiger partial charge in [-0.15, -0.1) is 11.3 Å². The van der Waals surface area contributed by atoms with Crippen LogP contribution in [0.15, 0.2) is 5.38 Å². The topological polar surface area (TPSA) is 77.2 Å². The van der Waals surface area contributed by atoms with Crippen molar-refractivity contribution >= 4 is 17.2 Å². The summed E-state index contributed by atoms with van der Waals surface area (Å²) in [5.41, 5.74) is 6.48. The molecule has 1 aromatic heterocycles. The van der Waals surface area contributed by atoms with Crippen molar-refractivity contribution in [1.29, 1.82) is 0 Å². The molecule has 0 radical (unpaired) electrons. The number of hydrogen-bond donors (Lipinski definition) is 2. The molecule has 5 nitrogen and oxygen atoms in total. The number of hydrogen-bond acceptors (Lipinski definition) is 5. The summed E-state index contributed by atoms with van der Waals surface area (Å²) in [6, 6.07) is 0. The number of thiazole rings is 1. The Morgan fingerprint density at radius 2 is 2.47 bits per heavy atom. The highest BCUT2D eigenvalue weighted by Gasteiger charge is 2.12. The molecule has 0 saturated heterocycles. The zero-order valence-electron chi connectivity index (χ0n) is 10.2. The first-order valence-electron chi connectivity index (χ1n) is 5.65. The van der Waals surface area contributed by atoms with Gasteiger partial charge in [0.1, 0.15) is 5.01 Å². The Hall–Kier alpha value is -0.980. The standard InChI is InChI=1S/C11H19N3O2S/c1-3-16-9(5-12)4-10(15)13-6-11-14-8(2)7-17-11/h7,9H,3-6,12H2,1-2H3,(H,13,15). The molecule has 1 amide bonds. The lowest BCUT2D eigenvalue weighted by Crippen LogP contribution is -2.32. The van der Waals surface area contributed by atoms with E-state index in [1.54, 1.807) is 11.3 Å². The molecule has 1 heterocycles. The number of aryl methyl sites for hydroxylation is 1. The number of carbonyl (C=O) groups excluding carboxylic acids is 1. The molecule has 96 valence electrons. The van der Waals surface area contributed by atoms with Crippen molar-refractivity contribution in [3.63, 3.8) is 0 Å². The van der Waals surface area contributed by atoms with Crippen LogP contribution in [0.25, 0.3) is 0 Å². The fraction of sp³-hybridized carbons (Fsp3) is 0.636. The number of rotatable bonds is 7. The first kappa shape index (κ1) is 14.1. The number of nitrogens with zero attached hydrogens (tertiary/aromatic N) is 1. The summed E-state index contributed by atoms with van der Waals surface area (Å²) in [6.07, 6.45) is 0.104. The van der Waals surface area contributed by atoms with E-state index in [0.717, 1.165) is 10.7 Å². The Bertz CT molecular complexity index is 354. The third kappa shape index (κ3) is 5.25. The second-order valence-electron chi connectivity index (χ2n) is 3.68. The van der Waals surface area contributed by atoms with E-state index < -0.39 is 0 Å². The molecule has 0 bridgehead atoms. The van der Waals surface area contributed by atoms with Gasteiger partial charge in [-0.25, -0.2) is 4.98 Å². The molecule has 1 atom stereocenters. The maximum absolute atomic E-state index is 11.6. The molecule has 0 spiro atoms. The lowest BCUT2D eigenvalue weighted by atomic mass is 10.2. The Morgan fingerprint density at radius 3 is 3.00 bits per heavy atom. The highest BCUT2D eigenvalue weighted by molar-refractivity contribution is 7.09. The predicted octanol–water partition coefficient (Wildman–Crippen LogP) is 0.822. The van der Waals surface area contributed by atoms with Crippen molar-refractivity contribution in [2.75, 3.05) is 13.2 Å². The zero-order chi connectivity index (χ0) is 12.7. The van der Waals surface area contributed by atoms with Crippen LogP contribution in [0.5, 0.6) is 0 Å². The van der Waals surface area contributed by atoms with Gasteiger partial charge < -0.3 is 15.8 Å². The normalized spacial score (nSPS) is 12.4. The molecule has 1 unspecified atom stereocenters. The van der Waals surface area contributed by atoms with Gasteiger partial charge in [-0.05, 0) is 13.8 Å². The van der Waals surface area contributed by atoms with Gasteiger partial charge in [-0.3, -0.25) is 4.79 Å². The van der Waals surface area contributed by atoms with Gasteiger partial charge >= 0.3 is 0 Å². The number of carbonyl (C=O) groups is 1. The molecular formula is C11H19N3O2S. The van der Waals surface area contributed by atoms with Crippen LogP contribution in [-0.2, 0) is 16.1 Å². The highest BCUT2D eigenvalue weighted by atomic mass is 32.1. The molecule has 0 aliphatic carbocycles. The van der Waals surface area contributed by atoms with Gasteiger partial charge in [0.15, 0.2) is 0 Å². The maximum Gasteiger partial charge on any atom is 0.223 e. The van der Waals surface area contributed by atoms with E-state index in [-0.39, 0.29) is 12.0 Å². The largest absolute Gasteiger partial charge is 0.377 e.